The Kier molecular flexibility index (Phi) is 7.46. The molecular weight excluding hydrogens is 354 g/mol. The fourth-order valence-corrected chi connectivity index (χ4v) is 8.84. The molecule has 3 heteroatoms. The Balaban J connectivity index is 0.00000162. The van der Waals surface area contributed by atoms with Gasteiger partial charge in [0.25, 0.3) is 0 Å². The third kappa shape index (κ3) is 3.49. The van der Waals surface area contributed by atoms with E-state index in [-0.39, 0.29) is 24.8 Å². The predicted molar refractivity (Wildman–Crippen MR) is 88.4 cm³/mol. The normalized spacial score (nSPS) is 18.5. The topological polar surface area (TPSA) is 0 Å². The van der Waals surface area contributed by atoms with Crippen LogP contribution in [0.1, 0.15) is 47.5 Å². The van der Waals surface area contributed by atoms with E-state index in [4.69, 9.17) is 0 Å². The molecule has 0 aromatic rings. The molecule has 0 aromatic carbocycles. The van der Waals surface area contributed by atoms with Gasteiger partial charge in [-0.15, -0.1) is 24.8 Å². The van der Waals surface area contributed by atoms with E-state index in [1.807, 2.05) is 0 Å². The molecule has 19 heavy (non-hydrogen) atoms. The molecule has 0 amide bonds. The van der Waals surface area contributed by atoms with Gasteiger partial charge >= 0.3 is 113 Å². The molecule has 0 heterocycles. The van der Waals surface area contributed by atoms with Crippen molar-refractivity contribution in [2.24, 2.45) is 0 Å². The van der Waals surface area contributed by atoms with Gasteiger partial charge in [-0.2, -0.15) is 0 Å². The Morgan fingerprint density at radius 1 is 0.895 bits per heavy atom. The van der Waals surface area contributed by atoms with E-state index in [9.17, 15) is 0 Å². The van der Waals surface area contributed by atoms with E-state index < -0.39 is 21.3 Å². The molecule has 0 spiro atoms. The van der Waals surface area contributed by atoms with Crippen LogP contribution in [0.15, 0.2) is 40.5 Å². The maximum absolute atomic E-state index is 4.63. The van der Waals surface area contributed by atoms with Crippen molar-refractivity contribution >= 4 is 29.0 Å². The monoisotopic (exact) mass is 376 g/mol. The summed E-state index contributed by atoms with van der Waals surface area (Å²) in [6, 6.07) is 0. The van der Waals surface area contributed by atoms with Crippen LogP contribution in [-0.4, -0.2) is 4.21 Å². The van der Waals surface area contributed by atoms with Crippen molar-refractivity contribution in [2.75, 3.05) is 0 Å². The van der Waals surface area contributed by atoms with Crippen LogP contribution in [0.3, 0.4) is 0 Å². The second-order valence-electron chi connectivity index (χ2n) is 5.36. The first-order valence-electron chi connectivity index (χ1n) is 6.36. The minimum atomic E-state index is -1.74. The molecule has 0 saturated heterocycles. The zero-order chi connectivity index (χ0) is 12.7. The molecular formula is C16H24Cl2Zr. The molecule has 106 valence electrons. The molecule has 0 aromatic heterocycles. The van der Waals surface area contributed by atoms with Gasteiger partial charge in [0.05, 0.1) is 0 Å². The molecule has 0 nitrogen and oxygen atoms in total. The van der Waals surface area contributed by atoms with Crippen LogP contribution in [0.4, 0.5) is 0 Å². The van der Waals surface area contributed by atoms with E-state index in [1.165, 1.54) is 24.0 Å². The van der Waals surface area contributed by atoms with Gasteiger partial charge < -0.3 is 0 Å². The van der Waals surface area contributed by atoms with Crippen molar-refractivity contribution in [3.8, 4) is 0 Å². The second kappa shape index (κ2) is 7.34. The zero-order valence-electron chi connectivity index (χ0n) is 12.5. The number of allylic oxidation sites excluding steroid dienone is 8. The fraction of sp³-hybridized carbons (Fsp3) is 0.438. The van der Waals surface area contributed by atoms with Crippen molar-refractivity contribution in [1.82, 2.24) is 0 Å². The fourth-order valence-electron chi connectivity index (χ4n) is 2.74. The first kappa shape index (κ1) is 19.3. The van der Waals surface area contributed by atoms with Gasteiger partial charge in [0, 0.05) is 0 Å². The summed E-state index contributed by atoms with van der Waals surface area (Å²) in [7, 11) is 0. The zero-order valence-corrected chi connectivity index (χ0v) is 16.6. The van der Waals surface area contributed by atoms with Gasteiger partial charge in [-0.1, -0.05) is 0 Å². The Morgan fingerprint density at radius 2 is 1.47 bits per heavy atom. The standard InChI is InChI=1S/C8H11.C7H9.CH2.2ClH.Zr/c1-6-4-5-7(2)8(6)3;1-6-4-3-5-7(6)2;;;;/h4H2,1-3H3;4H,3H2,1-2H3;1H2;2*1H;. The summed E-state index contributed by atoms with van der Waals surface area (Å²) >= 11 is -1.74. The number of rotatable bonds is 2. The van der Waals surface area contributed by atoms with E-state index in [0.717, 1.165) is 0 Å². The third-order valence-corrected chi connectivity index (χ3v) is 10.8. The molecule has 0 aliphatic heterocycles. The summed E-state index contributed by atoms with van der Waals surface area (Å²) < 4.78 is 8.09. The van der Waals surface area contributed by atoms with E-state index >= 15 is 0 Å². The predicted octanol–water partition coefficient (Wildman–Crippen LogP) is 5.52. The van der Waals surface area contributed by atoms with Gasteiger partial charge in [0.15, 0.2) is 0 Å². The summed E-state index contributed by atoms with van der Waals surface area (Å²) in [6.45, 7) is 11.4. The number of halogens is 2. The summed E-state index contributed by atoms with van der Waals surface area (Å²) in [6.07, 6.45) is 4.78. The van der Waals surface area contributed by atoms with Gasteiger partial charge in [-0.3, -0.25) is 0 Å². The molecule has 0 unspecified atom stereocenters. The quantitative estimate of drug-likeness (QED) is 0.594. The molecule has 0 N–H and O–H groups in total. The molecule has 2 aliphatic rings. The molecule has 0 saturated carbocycles. The average Bonchev–Trinajstić information content (AvgIpc) is 2.75. The summed E-state index contributed by atoms with van der Waals surface area (Å²) in [5, 5.41) is 0. The molecule has 2 aliphatic carbocycles. The van der Waals surface area contributed by atoms with E-state index in [0.29, 0.717) is 0 Å². The third-order valence-electron chi connectivity index (χ3n) is 4.48. The summed E-state index contributed by atoms with van der Waals surface area (Å²) in [4.78, 5) is 0. The van der Waals surface area contributed by atoms with Crippen LogP contribution < -0.4 is 0 Å². The van der Waals surface area contributed by atoms with Crippen LogP contribution in [0.5, 0.6) is 0 Å². The number of hydrogen-bond donors (Lipinski definition) is 0. The van der Waals surface area contributed by atoms with Crippen molar-refractivity contribution in [3.63, 3.8) is 0 Å². The Bertz CT molecular complexity index is 531. The minimum absolute atomic E-state index is 0. The molecule has 0 fully saturated rings. The molecule has 0 radical (unpaired) electrons. The molecule has 0 bridgehead atoms. The summed E-state index contributed by atoms with van der Waals surface area (Å²) in [5.41, 5.74) is 7.70. The first-order valence-corrected chi connectivity index (χ1v) is 10.6. The van der Waals surface area contributed by atoms with Crippen molar-refractivity contribution in [1.29, 1.82) is 0 Å². The van der Waals surface area contributed by atoms with Crippen LogP contribution in [0.2, 0.25) is 0 Å². The van der Waals surface area contributed by atoms with Gasteiger partial charge in [0.2, 0.25) is 0 Å². The van der Waals surface area contributed by atoms with Crippen LogP contribution in [0.25, 0.3) is 0 Å². The van der Waals surface area contributed by atoms with E-state index in [2.05, 4.69) is 44.9 Å². The van der Waals surface area contributed by atoms with Crippen molar-refractivity contribution in [2.45, 2.75) is 47.5 Å². The van der Waals surface area contributed by atoms with Gasteiger partial charge in [0.1, 0.15) is 0 Å². The van der Waals surface area contributed by atoms with Gasteiger partial charge in [-0.25, -0.2) is 0 Å². The number of hydrogen-bond acceptors (Lipinski definition) is 0. The molecule has 2 rings (SSSR count). The van der Waals surface area contributed by atoms with Crippen LogP contribution in [-0.2, 0) is 21.3 Å². The average molecular weight is 378 g/mol. The molecule has 0 atom stereocenters. The first-order chi connectivity index (χ1) is 7.93. The van der Waals surface area contributed by atoms with Crippen molar-refractivity contribution in [3.05, 3.63) is 40.5 Å². The SMILES string of the molecule is Cl.Cl.[CH2]=[Zr]([C]1=C(C)C(C)=CC1)[C]1=C(C)C(C)=C(C)C1. The van der Waals surface area contributed by atoms with E-state index in [1.54, 1.807) is 23.3 Å². The van der Waals surface area contributed by atoms with Gasteiger partial charge in [-0.05, 0) is 0 Å². The second-order valence-corrected chi connectivity index (χ2v) is 10.7. The Hall–Kier alpha value is 0.293. The van der Waals surface area contributed by atoms with Crippen molar-refractivity contribution < 1.29 is 21.3 Å². The Labute approximate surface area is 137 Å². The Morgan fingerprint density at radius 3 is 1.84 bits per heavy atom. The summed E-state index contributed by atoms with van der Waals surface area (Å²) in [5.74, 6) is 0. The van der Waals surface area contributed by atoms with Crippen LogP contribution >= 0.6 is 24.8 Å². The maximum atomic E-state index is 4.63. The van der Waals surface area contributed by atoms with Crippen LogP contribution in [0, 0.1) is 0 Å².